The first-order valence-electron chi connectivity index (χ1n) is 10.5. The molecule has 2 aromatic carbocycles. The van der Waals surface area contributed by atoms with Crippen LogP contribution < -0.4 is 0 Å². The van der Waals surface area contributed by atoms with E-state index >= 15 is 0 Å². The molecule has 0 aliphatic carbocycles. The zero-order valence-corrected chi connectivity index (χ0v) is 18.1. The smallest absolute Gasteiger partial charge is 0.396 e. The number of hydrogen-bond acceptors (Lipinski definition) is 2. The summed E-state index contributed by atoms with van der Waals surface area (Å²) in [4.78, 5) is 14.4. The van der Waals surface area contributed by atoms with Gasteiger partial charge in [-0.1, -0.05) is 41.9 Å². The van der Waals surface area contributed by atoms with Gasteiger partial charge in [-0.15, -0.1) is 0 Å². The summed E-state index contributed by atoms with van der Waals surface area (Å²) in [7, 11) is 0. The molecule has 168 valence electrons. The number of halogens is 4. The van der Waals surface area contributed by atoms with Gasteiger partial charge in [0.1, 0.15) is 0 Å². The number of benzene rings is 2. The number of carbonyl (C=O) groups excluding carboxylic acids is 1. The molecular weight excluding hydrogens is 427 g/mol. The number of aliphatic hydroxyl groups is 1. The van der Waals surface area contributed by atoms with Crippen LogP contribution in [0.2, 0.25) is 5.02 Å². The van der Waals surface area contributed by atoms with E-state index in [9.17, 15) is 23.1 Å². The second-order valence-electron chi connectivity index (χ2n) is 8.39. The zero-order valence-electron chi connectivity index (χ0n) is 17.3. The van der Waals surface area contributed by atoms with Crippen molar-refractivity contribution in [2.45, 2.75) is 44.7 Å². The molecule has 0 radical (unpaired) electrons. The molecule has 0 spiro atoms. The van der Waals surface area contributed by atoms with E-state index in [1.54, 1.807) is 6.07 Å². The molecule has 0 bridgehead atoms. The number of hydrogen-bond donors (Lipinski definition) is 1. The van der Waals surface area contributed by atoms with Crippen molar-refractivity contribution in [2.24, 2.45) is 5.41 Å². The van der Waals surface area contributed by atoms with Crippen LogP contribution in [-0.2, 0) is 23.8 Å². The Bertz CT molecular complexity index is 875. The third kappa shape index (κ3) is 6.47. The van der Waals surface area contributed by atoms with Crippen molar-refractivity contribution in [3.63, 3.8) is 0 Å². The Hall–Kier alpha value is -2.05. The van der Waals surface area contributed by atoms with Gasteiger partial charge in [0.2, 0.25) is 5.91 Å². The van der Waals surface area contributed by atoms with E-state index in [-0.39, 0.29) is 12.5 Å². The van der Waals surface area contributed by atoms with Crippen LogP contribution in [-0.4, -0.2) is 35.6 Å². The maximum atomic E-state index is 13.0. The maximum absolute atomic E-state index is 13.0. The Morgan fingerprint density at radius 1 is 1.06 bits per heavy atom. The van der Waals surface area contributed by atoms with Gasteiger partial charge in [-0.2, -0.15) is 13.2 Å². The summed E-state index contributed by atoms with van der Waals surface area (Å²) in [6.07, 6.45) is -0.886. The monoisotopic (exact) mass is 453 g/mol. The summed E-state index contributed by atoms with van der Waals surface area (Å²) in [6, 6.07) is 12.9. The predicted octanol–water partition coefficient (Wildman–Crippen LogP) is 5.53. The molecule has 31 heavy (non-hydrogen) atoms. The van der Waals surface area contributed by atoms with E-state index in [2.05, 4.69) is 0 Å². The van der Waals surface area contributed by atoms with E-state index < -0.39 is 17.2 Å². The number of aryl methyl sites for hydroxylation is 1. The number of alkyl halides is 3. The molecule has 1 fully saturated rings. The SMILES string of the molecule is O=C(CCCc1ccc(Cl)cc1)N1CCC(CO)(Cc2cccc(C(F)(F)F)c2)CC1. The van der Waals surface area contributed by atoms with Gasteiger partial charge in [0.05, 0.1) is 5.56 Å². The molecule has 3 nitrogen and oxygen atoms in total. The topological polar surface area (TPSA) is 40.5 Å². The van der Waals surface area contributed by atoms with Gasteiger partial charge in [0, 0.05) is 36.6 Å². The van der Waals surface area contributed by atoms with Crippen molar-refractivity contribution in [3.8, 4) is 0 Å². The largest absolute Gasteiger partial charge is 0.416 e. The number of carbonyl (C=O) groups is 1. The average Bonchev–Trinajstić information content (AvgIpc) is 2.75. The van der Waals surface area contributed by atoms with Gasteiger partial charge < -0.3 is 10.0 Å². The standard InChI is InChI=1S/C24H27ClF3NO2/c25-21-9-7-18(8-10-21)3-2-6-22(31)29-13-11-23(17-30,12-14-29)16-19-4-1-5-20(15-19)24(26,27)28/h1,4-5,7-10,15,30H,2-3,6,11-14,16-17H2. The van der Waals surface area contributed by atoms with Gasteiger partial charge in [-0.25, -0.2) is 0 Å². The molecule has 2 aromatic rings. The van der Waals surface area contributed by atoms with E-state index in [1.165, 1.54) is 6.07 Å². The third-order valence-electron chi connectivity index (χ3n) is 6.12. The lowest BCUT2D eigenvalue weighted by atomic mass is 9.74. The van der Waals surface area contributed by atoms with E-state index in [0.29, 0.717) is 49.4 Å². The van der Waals surface area contributed by atoms with Crippen LogP contribution in [0, 0.1) is 5.41 Å². The summed E-state index contributed by atoms with van der Waals surface area (Å²) in [6.45, 7) is 0.917. The molecule has 1 heterocycles. The fraction of sp³-hybridized carbons (Fsp3) is 0.458. The van der Waals surface area contributed by atoms with E-state index in [0.717, 1.165) is 30.5 Å². The van der Waals surface area contributed by atoms with Crippen LogP contribution in [0.25, 0.3) is 0 Å². The Morgan fingerprint density at radius 3 is 2.35 bits per heavy atom. The van der Waals surface area contributed by atoms with Crippen LogP contribution in [0.1, 0.15) is 42.4 Å². The summed E-state index contributed by atoms with van der Waals surface area (Å²) in [5, 5.41) is 10.7. The molecule has 0 unspecified atom stereocenters. The van der Waals surface area contributed by atoms with Gasteiger partial charge >= 0.3 is 6.18 Å². The number of amides is 1. The molecule has 0 saturated carbocycles. The Morgan fingerprint density at radius 2 is 1.74 bits per heavy atom. The minimum absolute atomic E-state index is 0.0829. The fourth-order valence-corrected chi connectivity index (χ4v) is 4.29. The van der Waals surface area contributed by atoms with Gasteiger partial charge in [-0.3, -0.25) is 4.79 Å². The average molecular weight is 454 g/mol. The van der Waals surface area contributed by atoms with E-state index in [4.69, 9.17) is 11.6 Å². The molecule has 1 aliphatic rings. The molecule has 3 rings (SSSR count). The molecule has 0 aromatic heterocycles. The Balaban J connectivity index is 1.51. The zero-order chi connectivity index (χ0) is 22.5. The first-order chi connectivity index (χ1) is 14.7. The molecule has 0 atom stereocenters. The Labute approximate surface area is 185 Å². The molecule has 7 heteroatoms. The lowest BCUT2D eigenvalue weighted by Gasteiger charge is -2.41. The van der Waals surface area contributed by atoms with Crippen molar-refractivity contribution in [1.82, 2.24) is 4.90 Å². The lowest BCUT2D eigenvalue weighted by molar-refractivity contribution is -0.138. The van der Waals surface area contributed by atoms with Crippen molar-refractivity contribution in [3.05, 3.63) is 70.2 Å². The lowest BCUT2D eigenvalue weighted by Crippen LogP contribution is -2.45. The molecule has 1 saturated heterocycles. The number of piperidine rings is 1. The van der Waals surface area contributed by atoms with Crippen LogP contribution in [0.3, 0.4) is 0 Å². The maximum Gasteiger partial charge on any atom is 0.416 e. The summed E-state index contributed by atoms with van der Waals surface area (Å²) in [5.41, 5.74) is 0.527. The van der Waals surface area contributed by atoms with Gasteiger partial charge in [0.15, 0.2) is 0 Å². The molecule has 1 aliphatic heterocycles. The predicted molar refractivity (Wildman–Crippen MR) is 115 cm³/mol. The van der Waals surface area contributed by atoms with Crippen molar-refractivity contribution in [1.29, 1.82) is 0 Å². The van der Waals surface area contributed by atoms with Gasteiger partial charge in [-0.05, 0) is 61.4 Å². The highest BCUT2D eigenvalue weighted by Crippen LogP contribution is 2.37. The highest BCUT2D eigenvalue weighted by molar-refractivity contribution is 6.30. The summed E-state index contributed by atoms with van der Waals surface area (Å²) in [5.74, 6) is 0.0829. The highest BCUT2D eigenvalue weighted by atomic mass is 35.5. The minimum atomic E-state index is -4.38. The molecular formula is C24H27ClF3NO2. The van der Waals surface area contributed by atoms with Crippen LogP contribution >= 0.6 is 11.6 Å². The fourth-order valence-electron chi connectivity index (χ4n) is 4.16. The highest BCUT2D eigenvalue weighted by Gasteiger charge is 2.36. The normalized spacial score (nSPS) is 16.4. The first-order valence-corrected chi connectivity index (χ1v) is 10.9. The van der Waals surface area contributed by atoms with Crippen molar-refractivity contribution in [2.75, 3.05) is 19.7 Å². The van der Waals surface area contributed by atoms with E-state index in [1.807, 2.05) is 29.2 Å². The van der Waals surface area contributed by atoms with Crippen LogP contribution in [0.5, 0.6) is 0 Å². The van der Waals surface area contributed by atoms with Crippen LogP contribution in [0.4, 0.5) is 13.2 Å². The quantitative estimate of drug-likeness (QED) is 0.599. The minimum Gasteiger partial charge on any atom is -0.396 e. The van der Waals surface area contributed by atoms with Crippen molar-refractivity contribution < 1.29 is 23.1 Å². The molecule has 1 N–H and O–H groups in total. The summed E-state index contributed by atoms with van der Waals surface area (Å²) < 4.78 is 39.0. The Kier molecular flexibility index (Phi) is 7.65. The van der Waals surface area contributed by atoms with Crippen molar-refractivity contribution >= 4 is 17.5 Å². The molecule has 1 amide bonds. The first kappa shape index (κ1) is 23.6. The second-order valence-corrected chi connectivity index (χ2v) is 8.83. The third-order valence-corrected chi connectivity index (χ3v) is 6.37. The van der Waals surface area contributed by atoms with Crippen LogP contribution in [0.15, 0.2) is 48.5 Å². The van der Waals surface area contributed by atoms with Gasteiger partial charge in [0.25, 0.3) is 0 Å². The number of rotatable bonds is 7. The number of likely N-dealkylation sites (tertiary alicyclic amines) is 1. The number of aliphatic hydroxyl groups excluding tert-OH is 1. The second kappa shape index (κ2) is 10.0. The number of nitrogens with zero attached hydrogens (tertiary/aromatic N) is 1. The summed E-state index contributed by atoms with van der Waals surface area (Å²) >= 11 is 5.88.